The minimum Gasteiger partial charge on any atom is -0.444 e. The van der Waals surface area contributed by atoms with Crippen molar-refractivity contribution in [3.8, 4) is 0 Å². The third-order valence-electron chi connectivity index (χ3n) is 4.16. The minimum absolute atomic E-state index is 0.387. The highest BCUT2D eigenvalue weighted by Crippen LogP contribution is 2.06. The summed E-state index contributed by atoms with van der Waals surface area (Å²) in [6.07, 6.45) is -0.900. The van der Waals surface area contributed by atoms with Crippen LogP contribution in [-0.2, 0) is 37.9 Å². The third kappa shape index (κ3) is 32.4. The zero-order valence-corrected chi connectivity index (χ0v) is 24.9. The number of hydrogen-bond acceptors (Lipinski definition) is 11. The average Bonchev–Trinajstić information content (AvgIpc) is 2.81. The van der Waals surface area contributed by atoms with Crippen molar-refractivity contribution in [2.45, 2.75) is 52.7 Å². The molecule has 3 N–H and O–H groups in total. The second-order valence-electron chi connectivity index (χ2n) is 10.3. The number of hydrogen-bond donors (Lipinski definition) is 3. The van der Waals surface area contributed by atoms with Crippen molar-refractivity contribution < 1.29 is 47.5 Å². The predicted molar refractivity (Wildman–Crippen MR) is 146 cm³/mol. The summed E-state index contributed by atoms with van der Waals surface area (Å²) in [6.45, 7) is 19.0. The van der Waals surface area contributed by atoms with Crippen molar-refractivity contribution in [1.29, 1.82) is 0 Å². The van der Waals surface area contributed by atoms with E-state index in [1.54, 1.807) is 0 Å². The van der Waals surface area contributed by atoms with Crippen LogP contribution in [0.1, 0.15) is 41.5 Å². The Hall–Kier alpha value is -1.74. The Morgan fingerprint density at radius 1 is 0.436 bits per heavy atom. The molecule has 0 rings (SSSR count). The van der Waals surface area contributed by atoms with Crippen molar-refractivity contribution in [3.05, 3.63) is 0 Å². The van der Waals surface area contributed by atoms with Crippen molar-refractivity contribution in [3.63, 3.8) is 0 Å². The van der Waals surface area contributed by atoms with Gasteiger partial charge in [0, 0.05) is 26.2 Å². The van der Waals surface area contributed by atoms with Crippen molar-refractivity contribution in [2.24, 2.45) is 0 Å². The van der Waals surface area contributed by atoms with Gasteiger partial charge in [-0.05, 0) is 41.5 Å². The van der Waals surface area contributed by atoms with Crippen LogP contribution in [0.5, 0.6) is 0 Å². The van der Waals surface area contributed by atoms with Crippen LogP contribution in [0.3, 0.4) is 0 Å². The highest BCUT2D eigenvalue weighted by atomic mass is 16.6. The number of alkyl carbamates (subject to hydrolysis) is 2. The second-order valence-corrected chi connectivity index (χ2v) is 10.3. The molecule has 0 radical (unpaired) electrons. The molecule has 39 heavy (non-hydrogen) atoms. The maximum atomic E-state index is 11.5. The minimum atomic E-state index is -0.508. The second kappa shape index (κ2) is 24.1. The van der Waals surface area contributed by atoms with Crippen LogP contribution < -0.4 is 16.0 Å². The first-order valence-corrected chi connectivity index (χ1v) is 13.6. The van der Waals surface area contributed by atoms with Gasteiger partial charge in [-0.15, -0.1) is 0 Å². The third-order valence-corrected chi connectivity index (χ3v) is 4.16. The zero-order valence-electron chi connectivity index (χ0n) is 24.9. The van der Waals surface area contributed by atoms with Gasteiger partial charge in [0.05, 0.1) is 79.3 Å². The molecule has 0 saturated carbocycles. The van der Waals surface area contributed by atoms with E-state index < -0.39 is 23.4 Å². The van der Waals surface area contributed by atoms with E-state index in [-0.39, 0.29) is 0 Å². The van der Waals surface area contributed by atoms with Crippen LogP contribution in [0.4, 0.5) is 9.59 Å². The van der Waals surface area contributed by atoms with Crippen LogP contribution in [0, 0.1) is 0 Å². The van der Waals surface area contributed by atoms with Gasteiger partial charge < -0.3 is 53.8 Å². The lowest BCUT2D eigenvalue weighted by molar-refractivity contribution is 0.0118. The molecule has 0 fully saturated rings. The summed E-state index contributed by atoms with van der Waals surface area (Å²) in [5.41, 5.74) is -1.02. The average molecular weight is 568 g/mol. The van der Waals surface area contributed by atoms with Gasteiger partial charge in [-0.25, -0.2) is 9.59 Å². The molecule has 13 nitrogen and oxygen atoms in total. The molecular weight excluding hydrogens is 514 g/mol. The van der Waals surface area contributed by atoms with E-state index in [4.69, 9.17) is 37.9 Å². The Bertz CT molecular complexity index is 548. The summed E-state index contributed by atoms with van der Waals surface area (Å²) < 4.78 is 42.9. The van der Waals surface area contributed by atoms with E-state index in [0.717, 1.165) is 13.1 Å². The van der Waals surface area contributed by atoms with Crippen LogP contribution in [0.25, 0.3) is 0 Å². The molecule has 0 atom stereocenters. The summed E-state index contributed by atoms with van der Waals surface area (Å²) in [6, 6.07) is 0. The highest BCUT2D eigenvalue weighted by molar-refractivity contribution is 5.67. The lowest BCUT2D eigenvalue weighted by Crippen LogP contribution is -2.34. The Morgan fingerprint density at radius 3 is 0.974 bits per heavy atom. The van der Waals surface area contributed by atoms with Crippen molar-refractivity contribution in [2.75, 3.05) is 105 Å². The Kier molecular flexibility index (Phi) is 23.0. The first kappa shape index (κ1) is 37.3. The normalized spacial score (nSPS) is 11.8. The number of nitrogens with one attached hydrogen (secondary N) is 3. The van der Waals surface area contributed by atoms with Gasteiger partial charge in [0.25, 0.3) is 0 Å². The zero-order chi connectivity index (χ0) is 29.2. The number of rotatable bonds is 24. The van der Waals surface area contributed by atoms with E-state index >= 15 is 0 Å². The monoisotopic (exact) mass is 567 g/mol. The molecule has 0 aromatic heterocycles. The van der Waals surface area contributed by atoms with Crippen LogP contribution >= 0.6 is 0 Å². The SMILES string of the molecule is CC(C)(C)OC(=O)NCCOCCOCCOCCNCCOCCOCCOCCNC(=O)OC(C)(C)C. The van der Waals surface area contributed by atoms with E-state index in [1.165, 1.54) is 0 Å². The molecule has 0 aliphatic carbocycles. The molecule has 0 saturated heterocycles. The molecule has 2 amide bonds. The Balaban J connectivity index is 3.17. The fourth-order valence-corrected chi connectivity index (χ4v) is 2.58. The van der Waals surface area contributed by atoms with Crippen LogP contribution in [0.15, 0.2) is 0 Å². The smallest absolute Gasteiger partial charge is 0.407 e. The van der Waals surface area contributed by atoms with Crippen LogP contribution in [-0.4, -0.2) is 129 Å². The molecule has 0 aromatic carbocycles. The van der Waals surface area contributed by atoms with Crippen molar-refractivity contribution in [1.82, 2.24) is 16.0 Å². The summed E-state index contributed by atoms with van der Waals surface area (Å²) in [4.78, 5) is 22.9. The molecule has 232 valence electrons. The summed E-state index contributed by atoms with van der Waals surface area (Å²) in [5.74, 6) is 0. The number of amides is 2. The molecule has 0 unspecified atom stereocenters. The predicted octanol–water partition coefficient (Wildman–Crippen LogP) is 1.73. The molecule has 0 aliphatic heterocycles. The maximum Gasteiger partial charge on any atom is 0.407 e. The van der Waals surface area contributed by atoms with Gasteiger partial charge in [-0.3, -0.25) is 0 Å². The van der Waals surface area contributed by atoms with E-state index in [1.807, 2.05) is 41.5 Å². The highest BCUT2D eigenvalue weighted by Gasteiger charge is 2.16. The number of ether oxygens (including phenoxy) is 8. The topological polar surface area (TPSA) is 144 Å². The van der Waals surface area contributed by atoms with Gasteiger partial charge in [0.1, 0.15) is 11.2 Å². The van der Waals surface area contributed by atoms with E-state index in [0.29, 0.717) is 92.4 Å². The van der Waals surface area contributed by atoms with Gasteiger partial charge >= 0.3 is 12.2 Å². The fourth-order valence-electron chi connectivity index (χ4n) is 2.58. The van der Waals surface area contributed by atoms with Gasteiger partial charge in [-0.1, -0.05) is 0 Å². The first-order valence-electron chi connectivity index (χ1n) is 13.6. The summed E-state index contributed by atoms with van der Waals surface area (Å²) in [5, 5.41) is 8.49. The molecular formula is C26H53N3O10. The molecule has 0 bridgehead atoms. The quantitative estimate of drug-likeness (QED) is 0.147. The molecule has 13 heteroatoms. The molecule has 0 aromatic rings. The lowest BCUT2D eigenvalue weighted by Gasteiger charge is -2.19. The van der Waals surface area contributed by atoms with E-state index in [2.05, 4.69) is 16.0 Å². The lowest BCUT2D eigenvalue weighted by atomic mass is 10.2. The summed E-state index contributed by atoms with van der Waals surface area (Å²) in [7, 11) is 0. The summed E-state index contributed by atoms with van der Waals surface area (Å²) >= 11 is 0. The van der Waals surface area contributed by atoms with Gasteiger partial charge in [0.2, 0.25) is 0 Å². The standard InChI is InChI=1S/C26H53N3O10/c1-25(2,3)38-23(30)28-9-13-34-17-21-36-19-15-32-11-7-27-8-12-33-16-20-37-22-18-35-14-10-29-24(31)39-26(4,5)6/h27H,7-22H2,1-6H3,(H,28,30)(H,29,31). The number of carbonyl (C=O) groups is 2. The molecule has 0 aliphatic rings. The largest absolute Gasteiger partial charge is 0.444 e. The Labute approximate surface area is 234 Å². The maximum absolute atomic E-state index is 11.5. The molecule has 0 spiro atoms. The molecule has 0 heterocycles. The van der Waals surface area contributed by atoms with Gasteiger partial charge in [0.15, 0.2) is 0 Å². The van der Waals surface area contributed by atoms with E-state index in [9.17, 15) is 9.59 Å². The Morgan fingerprint density at radius 2 is 0.692 bits per heavy atom. The van der Waals surface area contributed by atoms with Crippen molar-refractivity contribution >= 4 is 12.2 Å². The number of carbonyl (C=O) groups excluding carboxylic acids is 2. The first-order chi connectivity index (χ1) is 18.5. The van der Waals surface area contributed by atoms with Crippen LogP contribution in [0.2, 0.25) is 0 Å². The fraction of sp³-hybridized carbons (Fsp3) is 0.923. The van der Waals surface area contributed by atoms with Gasteiger partial charge in [-0.2, -0.15) is 0 Å².